The molecule has 0 saturated carbocycles. The van der Waals surface area contributed by atoms with E-state index in [2.05, 4.69) is 30.8 Å². The van der Waals surface area contributed by atoms with Crippen LogP contribution in [-0.4, -0.2) is 39.1 Å². The minimum atomic E-state index is -0.331. The average molecular weight is 277 g/mol. The Kier molecular flexibility index (Phi) is 4.97. The van der Waals surface area contributed by atoms with Crippen molar-refractivity contribution in [2.75, 3.05) is 13.1 Å². The Balaban J connectivity index is 2.33. The molecule has 1 saturated heterocycles. The van der Waals surface area contributed by atoms with E-state index in [1.54, 1.807) is 6.20 Å². The van der Waals surface area contributed by atoms with E-state index in [1.807, 2.05) is 10.7 Å². The van der Waals surface area contributed by atoms with E-state index in [0.29, 0.717) is 0 Å². The number of ketones is 1. The van der Waals surface area contributed by atoms with Crippen molar-refractivity contribution < 1.29 is 4.79 Å². The van der Waals surface area contributed by atoms with Gasteiger partial charge in [0.05, 0.1) is 5.54 Å². The lowest BCUT2D eigenvalue weighted by molar-refractivity contribution is 0.0569. The minimum Gasteiger partial charge on any atom is -0.291 e. The van der Waals surface area contributed by atoms with E-state index in [-0.39, 0.29) is 11.3 Å². The van der Waals surface area contributed by atoms with Gasteiger partial charge in [0.2, 0.25) is 5.78 Å². The first-order valence-electron chi connectivity index (χ1n) is 8.01. The molecule has 1 fully saturated rings. The van der Waals surface area contributed by atoms with Gasteiger partial charge in [-0.1, -0.05) is 20.8 Å². The Morgan fingerprint density at radius 2 is 1.90 bits per heavy atom. The van der Waals surface area contributed by atoms with E-state index in [1.165, 1.54) is 12.8 Å². The molecule has 1 aromatic rings. The van der Waals surface area contributed by atoms with Gasteiger partial charge in [-0.25, -0.2) is 0 Å². The normalized spacial score (nSPS) is 16.8. The van der Waals surface area contributed by atoms with Crippen molar-refractivity contribution in [1.82, 2.24) is 14.7 Å². The van der Waals surface area contributed by atoms with Crippen LogP contribution in [0.4, 0.5) is 0 Å². The molecule has 20 heavy (non-hydrogen) atoms. The van der Waals surface area contributed by atoms with E-state index in [9.17, 15) is 4.79 Å². The number of carbonyl (C=O) groups excluding carboxylic acids is 1. The van der Waals surface area contributed by atoms with Crippen molar-refractivity contribution in [3.05, 3.63) is 18.0 Å². The molecule has 0 bridgehead atoms. The second kappa shape index (κ2) is 6.53. The summed E-state index contributed by atoms with van der Waals surface area (Å²) in [5.74, 6) is 0.260. The lowest BCUT2D eigenvalue weighted by Gasteiger charge is -2.39. The molecule has 0 spiro atoms. The van der Waals surface area contributed by atoms with Crippen LogP contribution in [0.5, 0.6) is 0 Å². The number of hydrogen-bond acceptors (Lipinski definition) is 3. The van der Waals surface area contributed by atoms with Gasteiger partial charge in [0.1, 0.15) is 5.69 Å². The number of likely N-dealkylation sites (tertiary alicyclic amines) is 1. The van der Waals surface area contributed by atoms with Crippen molar-refractivity contribution in [1.29, 1.82) is 0 Å². The number of aromatic nitrogens is 2. The van der Waals surface area contributed by atoms with E-state index in [4.69, 9.17) is 0 Å². The van der Waals surface area contributed by atoms with Crippen LogP contribution in [0.3, 0.4) is 0 Å². The van der Waals surface area contributed by atoms with Crippen LogP contribution < -0.4 is 0 Å². The fourth-order valence-corrected chi connectivity index (χ4v) is 3.46. The summed E-state index contributed by atoms with van der Waals surface area (Å²) >= 11 is 0. The number of rotatable bonds is 7. The molecule has 112 valence electrons. The molecule has 0 radical (unpaired) electrons. The number of hydrogen-bond donors (Lipinski definition) is 0. The molecule has 2 heterocycles. The van der Waals surface area contributed by atoms with Gasteiger partial charge < -0.3 is 0 Å². The SMILES string of the molecule is CCCn1nccc1C(=O)C(CC)(CC)N1CCCC1. The quantitative estimate of drug-likeness (QED) is 0.719. The standard InChI is InChI=1S/C16H27N3O/c1-4-11-19-14(9-10-17-19)15(20)16(5-2,6-3)18-12-7-8-13-18/h9-10H,4-8,11-13H2,1-3H3. The van der Waals surface area contributed by atoms with Gasteiger partial charge in [-0.2, -0.15) is 5.10 Å². The Morgan fingerprint density at radius 3 is 2.45 bits per heavy atom. The summed E-state index contributed by atoms with van der Waals surface area (Å²) in [5, 5.41) is 4.31. The first kappa shape index (κ1) is 15.2. The Bertz CT molecular complexity index is 442. The Hall–Kier alpha value is -1.16. The largest absolute Gasteiger partial charge is 0.291 e. The van der Waals surface area contributed by atoms with Crippen LogP contribution in [0.1, 0.15) is 63.4 Å². The fourth-order valence-electron chi connectivity index (χ4n) is 3.46. The summed E-state index contributed by atoms with van der Waals surface area (Å²) in [4.78, 5) is 15.6. The zero-order valence-corrected chi connectivity index (χ0v) is 13.1. The van der Waals surface area contributed by atoms with Crippen LogP contribution in [0, 0.1) is 0 Å². The lowest BCUT2D eigenvalue weighted by Crippen LogP contribution is -2.53. The average Bonchev–Trinajstić information content (AvgIpc) is 3.12. The van der Waals surface area contributed by atoms with E-state index >= 15 is 0 Å². The van der Waals surface area contributed by atoms with Gasteiger partial charge in [-0.05, 0) is 51.3 Å². The molecule has 0 aliphatic carbocycles. The number of nitrogens with zero attached hydrogens (tertiary/aromatic N) is 3. The summed E-state index contributed by atoms with van der Waals surface area (Å²) in [5.41, 5.74) is 0.449. The first-order valence-corrected chi connectivity index (χ1v) is 8.01. The zero-order chi connectivity index (χ0) is 14.6. The zero-order valence-electron chi connectivity index (χ0n) is 13.1. The number of carbonyl (C=O) groups is 1. The third-order valence-electron chi connectivity index (χ3n) is 4.69. The summed E-state index contributed by atoms with van der Waals surface area (Å²) in [6, 6.07) is 1.88. The predicted molar refractivity (Wildman–Crippen MR) is 81.0 cm³/mol. The number of aryl methyl sites for hydroxylation is 1. The Morgan fingerprint density at radius 1 is 1.25 bits per heavy atom. The second-order valence-corrected chi connectivity index (χ2v) is 5.70. The maximum Gasteiger partial charge on any atom is 0.200 e. The van der Waals surface area contributed by atoms with Crippen LogP contribution in [0.25, 0.3) is 0 Å². The third-order valence-corrected chi connectivity index (χ3v) is 4.69. The van der Waals surface area contributed by atoms with Crippen molar-refractivity contribution in [3.8, 4) is 0 Å². The molecule has 4 heteroatoms. The molecule has 1 aromatic heterocycles. The summed E-state index contributed by atoms with van der Waals surface area (Å²) in [6.07, 6.45) is 6.92. The fraction of sp³-hybridized carbons (Fsp3) is 0.750. The van der Waals surface area contributed by atoms with Crippen LogP contribution >= 0.6 is 0 Å². The molecule has 2 rings (SSSR count). The molecule has 0 N–H and O–H groups in total. The van der Waals surface area contributed by atoms with Gasteiger partial charge in [0, 0.05) is 12.7 Å². The highest BCUT2D eigenvalue weighted by atomic mass is 16.1. The molecule has 4 nitrogen and oxygen atoms in total. The monoisotopic (exact) mass is 277 g/mol. The van der Waals surface area contributed by atoms with Gasteiger partial charge in [-0.3, -0.25) is 14.4 Å². The molecule has 0 atom stereocenters. The third kappa shape index (κ3) is 2.53. The highest BCUT2D eigenvalue weighted by molar-refractivity contribution is 6.02. The van der Waals surface area contributed by atoms with Gasteiger partial charge in [0.25, 0.3) is 0 Å². The van der Waals surface area contributed by atoms with Crippen molar-refractivity contribution in [3.63, 3.8) is 0 Å². The summed E-state index contributed by atoms with van der Waals surface area (Å²) < 4.78 is 1.87. The molecule has 0 unspecified atom stereocenters. The smallest absolute Gasteiger partial charge is 0.200 e. The molecule has 1 aliphatic rings. The first-order chi connectivity index (χ1) is 9.69. The number of Topliss-reactive ketones (excluding diaryl/α,β-unsaturated/α-hetero) is 1. The second-order valence-electron chi connectivity index (χ2n) is 5.70. The molecular formula is C16H27N3O. The topological polar surface area (TPSA) is 38.1 Å². The molecule has 1 aliphatic heterocycles. The van der Waals surface area contributed by atoms with E-state index < -0.39 is 0 Å². The van der Waals surface area contributed by atoms with Crippen LogP contribution in [0.2, 0.25) is 0 Å². The lowest BCUT2D eigenvalue weighted by atomic mass is 9.84. The van der Waals surface area contributed by atoms with Crippen LogP contribution in [-0.2, 0) is 6.54 Å². The summed E-state index contributed by atoms with van der Waals surface area (Å²) in [6.45, 7) is 9.31. The molecule has 0 aromatic carbocycles. The van der Waals surface area contributed by atoms with Crippen molar-refractivity contribution in [2.45, 2.75) is 65.0 Å². The van der Waals surface area contributed by atoms with Gasteiger partial charge in [0.15, 0.2) is 0 Å². The van der Waals surface area contributed by atoms with E-state index in [0.717, 1.165) is 44.6 Å². The minimum absolute atomic E-state index is 0.260. The maximum atomic E-state index is 13.2. The maximum absolute atomic E-state index is 13.2. The highest BCUT2D eigenvalue weighted by Gasteiger charge is 2.43. The molecule has 0 amide bonds. The Labute approximate surface area is 122 Å². The van der Waals surface area contributed by atoms with Crippen molar-refractivity contribution >= 4 is 5.78 Å². The highest BCUT2D eigenvalue weighted by Crippen LogP contribution is 2.31. The van der Waals surface area contributed by atoms with Crippen LogP contribution in [0.15, 0.2) is 12.3 Å². The van der Waals surface area contributed by atoms with Crippen molar-refractivity contribution in [2.24, 2.45) is 0 Å². The van der Waals surface area contributed by atoms with Gasteiger partial charge in [-0.15, -0.1) is 0 Å². The van der Waals surface area contributed by atoms with Gasteiger partial charge >= 0.3 is 0 Å². The summed E-state index contributed by atoms with van der Waals surface area (Å²) in [7, 11) is 0. The molecular weight excluding hydrogens is 250 g/mol. The predicted octanol–water partition coefficient (Wildman–Crippen LogP) is 3.13.